The molecule has 200 valence electrons. The Morgan fingerprint density at radius 2 is 1.56 bits per heavy atom. The number of rotatable bonds is 6. The lowest BCUT2D eigenvalue weighted by molar-refractivity contribution is -0.152. The molecule has 1 fully saturated rings. The van der Waals surface area contributed by atoms with Crippen LogP contribution in [0.3, 0.4) is 0 Å². The smallest absolute Gasteiger partial charge is 0.300 e. The first-order chi connectivity index (χ1) is 16.8. The van der Waals surface area contributed by atoms with Gasteiger partial charge in [-0.25, -0.2) is 8.42 Å². The molecule has 3 unspecified atom stereocenters. The summed E-state index contributed by atoms with van der Waals surface area (Å²) in [5.74, 6) is -1.01. The maximum absolute atomic E-state index is 12.7. The number of halogens is 2. The van der Waals surface area contributed by atoms with Crippen molar-refractivity contribution in [2.75, 3.05) is 13.2 Å². The predicted octanol–water partition coefficient (Wildman–Crippen LogP) is 5.66. The second-order valence-electron chi connectivity index (χ2n) is 8.52. The van der Waals surface area contributed by atoms with E-state index < -0.39 is 32.3 Å². The van der Waals surface area contributed by atoms with Crippen molar-refractivity contribution in [3.63, 3.8) is 0 Å². The van der Waals surface area contributed by atoms with Gasteiger partial charge in [0.25, 0.3) is 5.97 Å². The second-order valence-corrected chi connectivity index (χ2v) is 12.3. The molecule has 3 atom stereocenters. The van der Waals surface area contributed by atoms with Gasteiger partial charge in [-0.05, 0) is 57.0 Å². The Morgan fingerprint density at radius 3 is 1.97 bits per heavy atom. The van der Waals surface area contributed by atoms with E-state index in [-0.39, 0.29) is 18.6 Å². The van der Waals surface area contributed by atoms with Crippen LogP contribution in [0.15, 0.2) is 54.6 Å². The standard InChI is InChI=1S/C18H26ClNO4S.C6H5Cl.C2H4O2/c1-5-16(13(4)25(22,23)12(2)3)20-17(10-24-11-18(20)21)14-6-8-15(19)9-7-14;7-6-4-2-1-3-5-6;1-2(3)4/h6-9,12-13,16-17H,5,10-11H2,1-4H3;1-5H;1H3,(H,3,4). The number of nitrogens with zero attached hydrogens (tertiary/aromatic N) is 1. The summed E-state index contributed by atoms with van der Waals surface area (Å²) in [4.78, 5) is 23.3. The third kappa shape index (κ3) is 9.73. The molecule has 1 amide bonds. The van der Waals surface area contributed by atoms with Gasteiger partial charge in [0.1, 0.15) is 6.61 Å². The Hall–Kier alpha value is -2.13. The number of carbonyl (C=O) groups is 2. The van der Waals surface area contributed by atoms with Crippen LogP contribution in [0.1, 0.15) is 52.6 Å². The fraction of sp³-hybridized carbons (Fsp3) is 0.462. The quantitative estimate of drug-likeness (QED) is 0.489. The molecular weight excluding hydrogens is 525 g/mol. The molecule has 1 aliphatic rings. The van der Waals surface area contributed by atoms with E-state index in [0.29, 0.717) is 18.1 Å². The number of hydrogen-bond donors (Lipinski definition) is 1. The molecule has 1 saturated heterocycles. The summed E-state index contributed by atoms with van der Waals surface area (Å²) in [5.41, 5.74) is 0.894. The fourth-order valence-electron chi connectivity index (χ4n) is 3.76. The zero-order valence-electron chi connectivity index (χ0n) is 21.2. The summed E-state index contributed by atoms with van der Waals surface area (Å²) in [7, 11) is -3.33. The van der Waals surface area contributed by atoms with Crippen molar-refractivity contribution in [3.05, 3.63) is 70.2 Å². The zero-order chi connectivity index (χ0) is 27.5. The minimum absolute atomic E-state index is 0.0188. The van der Waals surface area contributed by atoms with E-state index in [1.165, 1.54) is 0 Å². The minimum atomic E-state index is -3.33. The average Bonchev–Trinajstić information content (AvgIpc) is 2.81. The SMILES string of the molecule is CC(=O)O.CCC(C(C)S(=O)(=O)C(C)C)N1C(=O)COCC1c1ccc(Cl)cc1.Clc1ccccc1. The monoisotopic (exact) mass is 559 g/mol. The Morgan fingerprint density at radius 1 is 1.06 bits per heavy atom. The molecule has 2 aromatic carbocycles. The first-order valence-electron chi connectivity index (χ1n) is 11.6. The van der Waals surface area contributed by atoms with Crippen molar-refractivity contribution in [2.45, 2.75) is 63.6 Å². The number of hydrogen-bond acceptors (Lipinski definition) is 5. The zero-order valence-corrected chi connectivity index (χ0v) is 23.6. The number of benzene rings is 2. The summed E-state index contributed by atoms with van der Waals surface area (Å²) < 4.78 is 30.8. The van der Waals surface area contributed by atoms with E-state index in [1.54, 1.807) is 37.8 Å². The van der Waals surface area contributed by atoms with E-state index >= 15 is 0 Å². The highest BCUT2D eigenvalue weighted by atomic mass is 35.5. The van der Waals surface area contributed by atoms with E-state index in [9.17, 15) is 13.2 Å². The van der Waals surface area contributed by atoms with Gasteiger partial charge < -0.3 is 14.7 Å². The summed E-state index contributed by atoms with van der Waals surface area (Å²) in [6.45, 7) is 8.38. The van der Waals surface area contributed by atoms with Gasteiger partial charge in [-0.2, -0.15) is 0 Å². The maximum Gasteiger partial charge on any atom is 0.300 e. The number of amides is 1. The van der Waals surface area contributed by atoms with Crippen LogP contribution < -0.4 is 0 Å². The molecule has 10 heteroatoms. The molecule has 36 heavy (non-hydrogen) atoms. The summed E-state index contributed by atoms with van der Waals surface area (Å²) in [6.07, 6.45) is 0.558. The molecule has 1 aliphatic heterocycles. The number of morpholine rings is 1. The molecule has 0 saturated carbocycles. The van der Waals surface area contributed by atoms with Gasteiger partial charge >= 0.3 is 0 Å². The van der Waals surface area contributed by atoms with Crippen molar-refractivity contribution in [2.24, 2.45) is 0 Å². The number of carboxylic acids is 1. The fourth-order valence-corrected chi connectivity index (χ4v) is 5.65. The van der Waals surface area contributed by atoms with Crippen LogP contribution in [0, 0.1) is 0 Å². The molecular formula is C26H35Cl2NO6S. The third-order valence-corrected chi connectivity index (χ3v) is 8.77. The largest absolute Gasteiger partial charge is 0.481 e. The number of sulfone groups is 1. The summed E-state index contributed by atoms with van der Waals surface area (Å²) >= 11 is 11.5. The third-order valence-electron chi connectivity index (χ3n) is 5.61. The molecule has 3 rings (SSSR count). The molecule has 0 aliphatic carbocycles. The summed E-state index contributed by atoms with van der Waals surface area (Å²) in [6, 6.07) is 16.0. The van der Waals surface area contributed by atoms with Crippen LogP contribution in [0.5, 0.6) is 0 Å². The lowest BCUT2D eigenvalue weighted by atomic mass is 10.00. The molecule has 0 radical (unpaired) electrons. The lowest BCUT2D eigenvalue weighted by Gasteiger charge is -2.43. The maximum atomic E-state index is 12.7. The van der Waals surface area contributed by atoms with Crippen LogP contribution in [-0.4, -0.2) is 60.1 Å². The molecule has 2 aromatic rings. The minimum Gasteiger partial charge on any atom is -0.481 e. The topological polar surface area (TPSA) is 101 Å². The van der Waals surface area contributed by atoms with E-state index in [2.05, 4.69) is 0 Å². The highest BCUT2D eigenvalue weighted by Gasteiger charge is 2.41. The highest BCUT2D eigenvalue weighted by molar-refractivity contribution is 7.92. The Bertz CT molecular complexity index is 1060. The van der Waals surface area contributed by atoms with Gasteiger partial charge in [-0.15, -0.1) is 0 Å². The van der Waals surface area contributed by atoms with Crippen molar-refractivity contribution < 1.29 is 27.9 Å². The van der Waals surface area contributed by atoms with Crippen LogP contribution in [0.2, 0.25) is 10.0 Å². The van der Waals surface area contributed by atoms with E-state index in [0.717, 1.165) is 17.5 Å². The first kappa shape index (κ1) is 31.9. The molecule has 1 heterocycles. The lowest BCUT2D eigenvalue weighted by Crippen LogP contribution is -2.55. The molecule has 7 nitrogen and oxygen atoms in total. The number of ether oxygens (including phenoxy) is 1. The van der Waals surface area contributed by atoms with Gasteiger partial charge in [0, 0.05) is 23.0 Å². The summed E-state index contributed by atoms with van der Waals surface area (Å²) in [5, 5.41) is 7.69. The second kappa shape index (κ2) is 15.2. The Kier molecular flexibility index (Phi) is 13.5. The van der Waals surface area contributed by atoms with Crippen LogP contribution in [-0.2, 0) is 24.2 Å². The predicted molar refractivity (Wildman–Crippen MR) is 144 cm³/mol. The molecule has 1 N–H and O–H groups in total. The van der Waals surface area contributed by atoms with E-state index in [4.69, 9.17) is 37.8 Å². The van der Waals surface area contributed by atoms with Gasteiger partial charge in [-0.1, -0.05) is 60.5 Å². The van der Waals surface area contributed by atoms with Crippen molar-refractivity contribution >= 4 is 44.9 Å². The first-order valence-corrected chi connectivity index (χ1v) is 14.0. The molecule has 0 spiro atoms. The molecule has 0 aromatic heterocycles. The van der Waals surface area contributed by atoms with Crippen LogP contribution in [0.25, 0.3) is 0 Å². The number of carboxylic acid groups (broad SMARTS) is 1. The van der Waals surface area contributed by atoms with Crippen molar-refractivity contribution in [3.8, 4) is 0 Å². The van der Waals surface area contributed by atoms with Gasteiger partial charge in [0.05, 0.1) is 23.1 Å². The van der Waals surface area contributed by atoms with E-state index in [1.807, 2.05) is 49.4 Å². The normalized spacial score (nSPS) is 17.3. The Labute approximate surface area is 224 Å². The number of carbonyl (C=O) groups excluding carboxylic acids is 1. The van der Waals surface area contributed by atoms with Crippen LogP contribution in [0.4, 0.5) is 0 Å². The highest BCUT2D eigenvalue weighted by Crippen LogP contribution is 2.32. The van der Waals surface area contributed by atoms with Crippen molar-refractivity contribution in [1.82, 2.24) is 4.90 Å². The molecule has 0 bridgehead atoms. The van der Waals surface area contributed by atoms with Gasteiger partial charge in [-0.3, -0.25) is 9.59 Å². The Balaban J connectivity index is 0.000000486. The van der Waals surface area contributed by atoms with Crippen LogP contribution >= 0.6 is 23.2 Å². The van der Waals surface area contributed by atoms with Crippen molar-refractivity contribution in [1.29, 1.82) is 0 Å². The average molecular weight is 561 g/mol. The number of aliphatic carboxylic acids is 1. The van der Waals surface area contributed by atoms with Gasteiger partial charge in [0.15, 0.2) is 9.84 Å². The van der Waals surface area contributed by atoms with Gasteiger partial charge in [0.2, 0.25) is 5.91 Å².